The van der Waals surface area contributed by atoms with Gasteiger partial charge in [0.15, 0.2) is 5.78 Å². The van der Waals surface area contributed by atoms with E-state index >= 15 is 0 Å². The number of Topliss-reactive ketones (excluding diaryl/α,β-unsaturated/α-hetero) is 1. The number of benzene rings is 1. The van der Waals surface area contributed by atoms with Crippen LogP contribution in [0.5, 0.6) is 0 Å². The highest BCUT2D eigenvalue weighted by atomic mass is 16.1. The fourth-order valence-corrected chi connectivity index (χ4v) is 3.86. The summed E-state index contributed by atoms with van der Waals surface area (Å²) in [6.07, 6.45) is 7.24. The van der Waals surface area contributed by atoms with Gasteiger partial charge in [0.05, 0.1) is 11.2 Å². The number of aromatic nitrogens is 3. The van der Waals surface area contributed by atoms with Gasteiger partial charge in [-0.1, -0.05) is 24.6 Å². The molecule has 0 unspecified atom stereocenters. The molecular formula is C22H26N4O. The largest absolute Gasteiger partial charge is 0.303 e. The maximum absolute atomic E-state index is 12.6. The number of ketones is 1. The molecule has 4 rings (SSSR count). The van der Waals surface area contributed by atoms with Crippen molar-refractivity contribution in [3.05, 3.63) is 48.3 Å². The molecule has 3 heterocycles. The van der Waals surface area contributed by atoms with Crippen molar-refractivity contribution < 1.29 is 4.79 Å². The molecule has 5 nitrogen and oxygen atoms in total. The Morgan fingerprint density at radius 1 is 1.11 bits per heavy atom. The summed E-state index contributed by atoms with van der Waals surface area (Å²) in [7, 11) is 1.88. The van der Waals surface area contributed by atoms with E-state index in [0.717, 1.165) is 35.1 Å². The summed E-state index contributed by atoms with van der Waals surface area (Å²) in [5.74, 6) is 0.127. The van der Waals surface area contributed by atoms with Crippen molar-refractivity contribution in [2.45, 2.75) is 32.1 Å². The average Bonchev–Trinajstić information content (AvgIpc) is 3.10. The Kier molecular flexibility index (Phi) is 5.30. The topological polar surface area (TPSA) is 51.0 Å². The number of para-hydroxylation sites is 1. The van der Waals surface area contributed by atoms with Crippen molar-refractivity contribution in [3.8, 4) is 11.3 Å². The van der Waals surface area contributed by atoms with Gasteiger partial charge in [0.25, 0.3) is 0 Å². The van der Waals surface area contributed by atoms with Crippen LogP contribution in [0.3, 0.4) is 0 Å². The Bertz CT molecular complexity index is 940. The Hall–Kier alpha value is -2.53. The minimum atomic E-state index is 0.127. The molecule has 27 heavy (non-hydrogen) atoms. The summed E-state index contributed by atoms with van der Waals surface area (Å²) < 4.78 is 1.78. The van der Waals surface area contributed by atoms with E-state index in [1.807, 2.05) is 37.5 Å². The molecular weight excluding hydrogens is 336 g/mol. The third kappa shape index (κ3) is 4.08. The molecule has 0 atom stereocenters. The number of likely N-dealkylation sites (tertiary alicyclic amines) is 1. The monoisotopic (exact) mass is 362 g/mol. The lowest BCUT2D eigenvalue weighted by atomic mass is 10.1. The van der Waals surface area contributed by atoms with Crippen molar-refractivity contribution >= 4 is 16.7 Å². The molecule has 1 aliphatic heterocycles. The molecule has 0 aliphatic carbocycles. The zero-order chi connectivity index (χ0) is 18.6. The summed E-state index contributed by atoms with van der Waals surface area (Å²) in [5, 5.41) is 5.55. The molecule has 1 aromatic carbocycles. The molecule has 1 saturated heterocycles. The fraction of sp³-hybridized carbons (Fsp3) is 0.409. The normalized spacial score (nSPS) is 15.3. The van der Waals surface area contributed by atoms with E-state index in [0.29, 0.717) is 12.1 Å². The minimum absolute atomic E-state index is 0.127. The van der Waals surface area contributed by atoms with Gasteiger partial charge in [0.1, 0.15) is 5.69 Å². The number of rotatable bonds is 6. The van der Waals surface area contributed by atoms with Crippen LogP contribution in [-0.2, 0) is 7.05 Å². The number of hydrogen-bond donors (Lipinski definition) is 0. The highest BCUT2D eigenvalue weighted by molar-refractivity contribution is 5.95. The third-order valence-corrected chi connectivity index (χ3v) is 5.38. The second-order valence-electron chi connectivity index (χ2n) is 7.38. The van der Waals surface area contributed by atoms with Crippen LogP contribution in [0, 0.1) is 0 Å². The predicted octanol–water partition coefficient (Wildman–Crippen LogP) is 4.08. The zero-order valence-corrected chi connectivity index (χ0v) is 15.9. The molecule has 1 aliphatic rings. The van der Waals surface area contributed by atoms with Gasteiger partial charge < -0.3 is 4.90 Å². The van der Waals surface area contributed by atoms with Crippen LogP contribution in [0.2, 0.25) is 0 Å². The van der Waals surface area contributed by atoms with Gasteiger partial charge in [-0.2, -0.15) is 5.10 Å². The standard InChI is InChI=1S/C22H26N4O/c1-25-21(18-14-17-8-3-4-9-19(17)23-16-18)15-20(24-25)22(27)10-7-13-26-11-5-2-6-12-26/h3-4,8-9,14-16H,2,5-7,10-13H2,1H3. The second kappa shape index (κ2) is 8.01. The number of hydrogen-bond acceptors (Lipinski definition) is 4. The first kappa shape index (κ1) is 17.9. The Morgan fingerprint density at radius 2 is 1.93 bits per heavy atom. The lowest BCUT2D eigenvalue weighted by molar-refractivity contribution is 0.0967. The van der Waals surface area contributed by atoms with E-state index in [9.17, 15) is 4.79 Å². The number of carbonyl (C=O) groups excluding carboxylic acids is 1. The van der Waals surface area contributed by atoms with Gasteiger partial charge in [-0.05, 0) is 57.1 Å². The number of nitrogens with zero attached hydrogens (tertiary/aromatic N) is 4. The molecule has 0 N–H and O–H groups in total. The first-order valence-electron chi connectivity index (χ1n) is 9.85. The lowest BCUT2D eigenvalue weighted by Gasteiger charge is -2.26. The van der Waals surface area contributed by atoms with E-state index < -0.39 is 0 Å². The molecule has 0 amide bonds. The van der Waals surface area contributed by atoms with E-state index in [2.05, 4.69) is 27.1 Å². The number of carbonyl (C=O) groups is 1. The van der Waals surface area contributed by atoms with Crippen molar-refractivity contribution in [2.75, 3.05) is 19.6 Å². The van der Waals surface area contributed by atoms with Gasteiger partial charge in [-0.3, -0.25) is 14.5 Å². The SMILES string of the molecule is Cn1nc(C(=O)CCCN2CCCCC2)cc1-c1cnc2ccccc2c1. The van der Waals surface area contributed by atoms with Crippen LogP contribution >= 0.6 is 0 Å². The van der Waals surface area contributed by atoms with Crippen LogP contribution in [-0.4, -0.2) is 45.1 Å². The number of pyridine rings is 1. The maximum Gasteiger partial charge on any atom is 0.183 e. The van der Waals surface area contributed by atoms with Gasteiger partial charge in [-0.15, -0.1) is 0 Å². The van der Waals surface area contributed by atoms with Crippen molar-refractivity contribution in [3.63, 3.8) is 0 Å². The van der Waals surface area contributed by atoms with Crippen molar-refractivity contribution in [1.29, 1.82) is 0 Å². The summed E-state index contributed by atoms with van der Waals surface area (Å²) in [6.45, 7) is 3.37. The quantitative estimate of drug-likeness (QED) is 0.620. The highest BCUT2D eigenvalue weighted by Crippen LogP contribution is 2.23. The van der Waals surface area contributed by atoms with Crippen molar-refractivity contribution in [1.82, 2.24) is 19.7 Å². The average molecular weight is 362 g/mol. The fourth-order valence-electron chi connectivity index (χ4n) is 3.86. The van der Waals surface area contributed by atoms with Crippen LogP contribution in [0.1, 0.15) is 42.6 Å². The van der Waals surface area contributed by atoms with Crippen LogP contribution in [0.15, 0.2) is 42.6 Å². The molecule has 0 spiro atoms. The molecule has 0 bridgehead atoms. The van der Waals surface area contributed by atoms with Crippen LogP contribution in [0.4, 0.5) is 0 Å². The summed E-state index contributed by atoms with van der Waals surface area (Å²) in [5.41, 5.74) is 3.43. The Morgan fingerprint density at radius 3 is 2.78 bits per heavy atom. The molecule has 3 aromatic rings. The molecule has 0 saturated carbocycles. The lowest BCUT2D eigenvalue weighted by Crippen LogP contribution is -2.30. The molecule has 2 aromatic heterocycles. The van der Waals surface area contributed by atoms with E-state index in [-0.39, 0.29) is 5.78 Å². The molecule has 140 valence electrons. The van der Waals surface area contributed by atoms with Gasteiger partial charge in [0.2, 0.25) is 0 Å². The summed E-state index contributed by atoms with van der Waals surface area (Å²) in [6, 6.07) is 12.0. The Labute approximate surface area is 160 Å². The zero-order valence-electron chi connectivity index (χ0n) is 15.9. The molecule has 5 heteroatoms. The first-order chi connectivity index (χ1) is 13.2. The van der Waals surface area contributed by atoms with Crippen LogP contribution < -0.4 is 0 Å². The number of piperidine rings is 1. The Balaban J connectivity index is 1.44. The third-order valence-electron chi connectivity index (χ3n) is 5.38. The van der Waals surface area contributed by atoms with Gasteiger partial charge >= 0.3 is 0 Å². The van der Waals surface area contributed by atoms with E-state index in [1.54, 1.807) is 4.68 Å². The van der Waals surface area contributed by atoms with E-state index in [4.69, 9.17) is 0 Å². The molecule has 0 radical (unpaired) electrons. The maximum atomic E-state index is 12.6. The van der Waals surface area contributed by atoms with Gasteiger partial charge in [-0.25, -0.2) is 0 Å². The highest BCUT2D eigenvalue weighted by Gasteiger charge is 2.16. The summed E-state index contributed by atoms with van der Waals surface area (Å²) >= 11 is 0. The van der Waals surface area contributed by atoms with E-state index in [1.165, 1.54) is 32.4 Å². The molecule has 1 fully saturated rings. The smallest absolute Gasteiger partial charge is 0.183 e. The minimum Gasteiger partial charge on any atom is -0.303 e. The van der Waals surface area contributed by atoms with Crippen molar-refractivity contribution in [2.24, 2.45) is 7.05 Å². The van der Waals surface area contributed by atoms with Gasteiger partial charge in [0, 0.05) is 30.6 Å². The van der Waals surface area contributed by atoms with Crippen LogP contribution in [0.25, 0.3) is 22.2 Å². The number of fused-ring (bicyclic) bond motifs is 1. The second-order valence-corrected chi connectivity index (χ2v) is 7.38. The first-order valence-corrected chi connectivity index (χ1v) is 9.85. The predicted molar refractivity (Wildman–Crippen MR) is 108 cm³/mol. The summed E-state index contributed by atoms with van der Waals surface area (Å²) in [4.78, 5) is 19.6. The number of aryl methyl sites for hydroxylation is 1.